The van der Waals surface area contributed by atoms with Gasteiger partial charge < -0.3 is 5.11 Å². The number of rotatable bonds is 3. The molecule has 17 heavy (non-hydrogen) atoms. The standard InChI is InChI=1S/C10H9BrN4O2/c1-6-2-3-7(4-8(6)11)15-13-9(12-14-15)5-10(16)17/h2-4H,5H2,1H3,(H,16,17). The van der Waals surface area contributed by atoms with E-state index in [9.17, 15) is 4.79 Å². The minimum absolute atomic E-state index is 0.189. The van der Waals surface area contributed by atoms with E-state index in [0.717, 1.165) is 15.7 Å². The van der Waals surface area contributed by atoms with Crippen LogP contribution in [0.2, 0.25) is 0 Å². The molecule has 0 saturated carbocycles. The molecule has 0 aliphatic carbocycles. The number of hydrogen-bond acceptors (Lipinski definition) is 4. The molecule has 0 aliphatic heterocycles. The van der Waals surface area contributed by atoms with Crippen LogP contribution in [-0.2, 0) is 11.2 Å². The lowest BCUT2D eigenvalue weighted by atomic mass is 10.2. The van der Waals surface area contributed by atoms with Gasteiger partial charge in [0.25, 0.3) is 0 Å². The normalized spacial score (nSPS) is 10.5. The number of nitrogens with zero attached hydrogens (tertiary/aromatic N) is 4. The molecule has 0 spiro atoms. The van der Waals surface area contributed by atoms with Crippen molar-refractivity contribution >= 4 is 21.9 Å². The van der Waals surface area contributed by atoms with Crippen LogP contribution in [0.25, 0.3) is 5.69 Å². The molecule has 6 nitrogen and oxygen atoms in total. The molecule has 0 fully saturated rings. The van der Waals surface area contributed by atoms with E-state index in [1.807, 2.05) is 25.1 Å². The highest BCUT2D eigenvalue weighted by Gasteiger charge is 2.09. The number of aryl methyl sites for hydroxylation is 1. The molecule has 2 rings (SSSR count). The molecule has 88 valence electrons. The van der Waals surface area contributed by atoms with Crippen molar-refractivity contribution in [1.29, 1.82) is 0 Å². The summed E-state index contributed by atoms with van der Waals surface area (Å²) in [5.74, 6) is -0.788. The van der Waals surface area contributed by atoms with Gasteiger partial charge in [0.1, 0.15) is 6.42 Å². The van der Waals surface area contributed by atoms with Gasteiger partial charge in [-0.3, -0.25) is 4.79 Å². The van der Waals surface area contributed by atoms with Gasteiger partial charge in [0.05, 0.1) is 5.69 Å². The van der Waals surface area contributed by atoms with Crippen molar-refractivity contribution in [2.75, 3.05) is 0 Å². The predicted molar refractivity (Wildman–Crippen MR) is 62.9 cm³/mol. The first-order valence-corrected chi connectivity index (χ1v) is 5.63. The van der Waals surface area contributed by atoms with Gasteiger partial charge in [-0.15, -0.1) is 15.0 Å². The van der Waals surface area contributed by atoms with Crippen LogP contribution >= 0.6 is 15.9 Å². The maximum atomic E-state index is 10.5. The molecule has 0 aliphatic rings. The van der Waals surface area contributed by atoms with Crippen molar-refractivity contribution in [2.24, 2.45) is 0 Å². The van der Waals surface area contributed by atoms with Crippen LogP contribution in [0.4, 0.5) is 0 Å². The Balaban J connectivity index is 2.30. The second-order valence-electron chi connectivity index (χ2n) is 3.50. The van der Waals surface area contributed by atoms with Crippen LogP contribution in [0, 0.1) is 6.92 Å². The fourth-order valence-electron chi connectivity index (χ4n) is 1.26. The summed E-state index contributed by atoms with van der Waals surface area (Å²) < 4.78 is 0.937. The van der Waals surface area contributed by atoms with E-state index in [1.54, 1.807) is 0 Å². The highest BCUT2D eigenvalue weighted by molar-refractivity contribution is 9.10. The molecule has 1 heterocycles. The van der Waals surface area contributed by atoms with Crippen molar-refractivity contribution in [3.8, 4) is 5.69 Å². The SMILES string of the molecule is Cc1ccc(-n2nnc(CC(=O)O)n2)cc1Br. The van der Waals surface area contributed by atoms with Gasteiger partial charge in [0, 0.05) is 4.47 Å². The zero-order valence-corrected chi connectivity index (χ0v) is 10.5. The number of carbonyl (C=O) groups is 1. The summed E-state index contributed by atoms with van der Waals surface area (Å²) in [5.41, 5.74) is 1.83. The van der Waals surface area contributed by atoms with Gasteiger partial charge in [-0.1, -0.05) is 22.0 Å². The second kappa shape index (κ2) is 4.62. The van der Waals surface area contributed by atoms with Crippen LogP contribution in [-0.4, -0.2) is 31.3 Å². The second-order valence-corrected chi connectivity index (χ2v) is 4.35. The number of aliphatic carboxylic acids is 1. The fourth-order valence-corrected chi connectivity index (χ4v) is 1.63. The minimum atomic E-state index is -0.977. The van der Waals surface area contributed by atoms with Crippen LogP contribution < -0.4 is 0 Å². The Morgan fingerprint density at radius 3 is 2.94 bits per heavy atom. The zero-order valence-electron chi connectivity index (χ0n) is 8.96. The van der Waals surface area contributed by atoms with Crippen molar-refractivity contribution in [2.45, 2.75) is 13.3 Å². The van der Waals surface area contributed by atoms with E-state index in [-0.39, 0.29) is 12.2 Å². The van der Waals surface area contributed by atoms with Crippen molar-refractivity contribution in [3.63, 3.8) is 0 Å². The molecule has 1 N–H and O–H groups in total. The molecule has 1 aromatic carbocycles. The molecular formula is C10H9BrN4O2. The highest BCUT2D eigenvalue weighted by Crippen LogP contribution is 2.18. The molecule has 7 heteroatoms. The molecule has 0 amide bonds. The van der Waals surface area contributed by atoms with Gasteiger partial charge >= 0.3 is 5.97 Å². The Morgan fingerprint density at radius 1 is 1.53 bits per heavy atom. The fraction of sp³-hybridized carbons (Fsp3) is 0.200. The van der Waals surface area contributed by atoms with E-state index < -0.39 is 5.97 Å². The monoisotopic (exact) mass is 296 g/mol. The molecule has 0 saturated heterocycles. The molecular weight excluding hydrogens is 288 g/mol. The van der Waals surface area contributed by atoms with Crippen LogP contribution in [0.1, 0.15) is 11.4 Å². The molecule has 0 atom stereocenters. The lowest BCUT2D eigenvalue weighted by molar-refractivity contribution is -0.136. The van der Waals surface area contributed by atoms with Crippen LogP contribution in [0.5, 0.6) is 0 Å². The summed E-state index contributed by atoms with van der Waals surface area (Å²) in [5, 5.41) is 20.1. The number of carboxylic acid groups (broad SMARTS) is 1. The third-order valence-electron chi connectivity index (χ3n) is 2.15. The number of aromatic nitrogens is 4. The van der Waals surface area contributed by atoms with Gasteiger partial charge in [0.2, 0.25) is 0 Å². The molecule has 0 bridgehead atoms. The van der Waals surface area contributed by atoms with E-state index >= 15 is 0 Å². The van der Waals surface area contributed by atoms with Crippen molar-refractivity contribution < 1.29 is 9.90 Å². The van der Waals surface area contributed by atoms with Crippen LogP contribution in [0.3, 0.4) is 0 Å². The van der Waals surface area contributed by atoms with Crippen molar-refractivity contribution in [1.82, 2.24) is 20.2 Å². The summed E-state index contributed by atoms with van der Waals surface area (Å²) in [6.45, 7) is 1.97. The lowest BCUT2D eigenvalue weighted by Gasteiger charge is -2.01. The van der Waals surface area contributed by atoms with E-state index in [2.05, 4.69) is 31.3 Å². The summed E-state index contributed by atoms with van der Waals surface area (Å²) in [6, 6.07) is 5.60. The van der Waals surface area contributed by atoms with E-state index in [4.69, 9.17) is 5.11 Å². The van der Waals surface area contributed by atoms with Gasteiger partial charge in [0.15, 0.2) is 5.82 Å². The molecule has 0 unspecified atom stereocenters. The van der Waals surface area contributed by atoms with Gasteiger partial charge in [-0.2, -0.15) is 0 Å². The predicted octanol–water partition coefficient (Wildman–Crippen LogP) is 1.36. The Kier molecular flexibility index (Phi) is 3.19. The summed E-state index contributed by atoms with van der Waals surface area (Å²) in [4.78, 5) is 11.8. The third-order valence-corrected chi connectivity index (χ3v) is 3.01. The first-order chi connectivity index (χ1) is 8.06. The Morgan fingerprint density at radius 2 is 2.29 bits per heavy atom. The minimum Gasteiger partial charge on any atom is -0.481 e. The summed E-state index contributed by atoms with van der Waals surface area (Å²) in [6.07, 6.45) is -0.229. The van der Waals surface area contributed by atoms with Gasteiger partial charge in [-0.05, 0) is 29.8 Å². The maximum absolute atomic E-state index is 10.5. The number of hydrogen-bond donors (Lipinski definition) is 1. The quantitative estimate of drug-likeness (QED) is 0.925. The number of benzene rings is 1. The number of halogens is 1. The van der Waals surface area contributed by atoms with E-state index in [0.29, 0.717) is 0 Å². The Hall–Kier alpha value is -1.76. The summed E-state index contributed by atoms with van der Waals surface area (Å²) in [7, 11) is 0. The van der Waals surface area contributed by atoms with Crippen molar-refractivity contribution in [3.05, 3.63) is 34.1 Å². The number of tetrazole rings is 1. The Bertz CT molecular complexity index is 567. The average Bonchev–Trinajstić information content (AvgIpc) is 2.69. The van der Waals surface area contributed by atoms with Crippen LogP contribution in [0.15, 0.2) is 22.7 Å². The molecule has 0 radical (unpaired) electrons. The maximum Gasteiger partial charge on any atom is 0.311 e. The average molecular weight is 297 g/mol. The van der Waals surface area contributed by atoms with Gasteiger partial charge in [-0.25, -0.2) is 0 Å². The molecule has 2 aromatic rings. The van der Waals surface area contributed by atoms with E-state index in [1.165, 1.54) is 4.80 Å². The number of carboxylic acids is 1. The lowest BCUT2D eigenvalue weighted by Crippen LogP contribution is -2.03. The molecule has 1 aromatic heterocycles. The highest BCUT2D eigenvalue weighted by atomic mass is 79.9. The third kappa shape index (κ3) is 2.68. The Labute approximate surface area is 105 Å². The largest absolute Gasteiger partial charge is 0.481 e. The first-order valence-electron chi connectivity index (χ1n) is 4.83. The summed E-state index contributed by atoms with van der Waals surface area (Å²) >= 11 is 3.41. The zero-order chi connectivity index (χ0) is 12.4. The topological polar surface area (TPSA) is 80.9 Å². The first kappa shape index (κ1) is 11.7. The smallest absolute Gasteiger partial charge is 0.311 e.